The fraction of sp³-hybridized carbons (Fsp3) is 0.917. The van der Waals surface area contributed by atoms with Crippen LogP contribution in [0.2, 0.25) is 0 Å². The molecule has 0 saturated heterocycles. The Labute approximate surface area is 91.8 Å². The van der Waals surface area contributed by atoms with Crippen molar-refractivity contribution in [3.05, 3.63) is 0 Å². The van der Waals surface area contributed by atoms with Gasteiger partial charge in [-0.05, 0) is 46.0 Å². The number of aliphatic hydroxyl groups is 1. The van der Waals surface area contributed by atoms with E-state index in [0.717, 1.165) is 32.1 Å². The Morgan fingerprint density at radius 1 is 1.33 bits per heavy atom. The molecule has 3 nitrogen and oxygen atoms in total. The van der Waals surface area contributed by atoms with E-state index in [2.05, 4.69) is 0 Å². The van der Waals surface area contributed by atoms with Crippen molar-refractivity contribution in [2.24, 2.45) is 5.92 Å². The van der Waals surface area contributed by atoms with Gasteiger partial charge in [-0.3, -0.25) is 4.79 Å². The zero-order valence-electron chi connectivity index (χ0n) is 9.95. The van der Waals surface area contributed by atoms with Gasteiger partial charge in [0.25, 0.3) is 0 Å². The molecule has 0 aromatic rings. The molecule has 1 aliphatic rings. The summed E-state index contributed by atoms with van der Waals surface area (Å²) >= 11 is 0. The third-order valence-electron chi connectivity index (χ3n) is 3.26. The van der Waals surface area contributed by atoms with Gasteiger partial charge in [-0.1, -0.05) is 6.92 Å². The second kappa shape index (κ2) is 4.97. The van der Waals surface area contributed by atoms with Crippen LogP contribution in [0.5, 0.6) is 0 Å². The zero-order chi connectivity index (χ0) is 11.5. The molecule has 1 fully saturated rings. The molecular weight excluding hydrogens is 192 g/mol. The molecule has 0 heterocycles. The summed E-state index contributed by atoms with van der Waals surface area (Å²) in [6, 6.07) is 0. The smallest absolute Gasteiger partial charge is 0.309 e. The molecule has 0 aliphatic heterocycles. The second-order valence-electron chi connectivity index (χ2n) is 5.04. The minimum absolute atomic E-state index is 0.000718. The molecule has 1 N–H and O–H groups in total. The Morgan fingerprint density at radius 3 is 2.33 bits per heavy atom. The van der Waals surface area contributed by atoms with Gasteiger partial charge in [0, 0.05) is 0 Å². The molecule has 1 rings (SSSR count). The van der Waals surface area contributed by atoms with Crippen molar-refractivity contribution in [3.63, 3.8) is 0 Å². The summed E-state index contributed by atoms with van der Waals surface area (Å²) in [5.41, 5.74) is -0.354. The first-order chi connectivity index (χ1) is 6.94. The number of hydrogen-bond acceptors (Lipinski definition) is 3. The lowest BCUT2D eigenvalue weighted by Crippen LogP contribution is -2.33. The fourth-order valence-electron chi connectivity index (χ4n) is 1.74. The molecule has 0 aromatic carbocycles. The number of carbonyl (C=O) groups excluding carboxylic acids is 1. The van der Waals surface area contributed by atoms with E-state index in [1.54, 1.807) is 0 Å². The summed E-state index contributed by atoms with van der Waals surface area (Å²) in [7, 11) is 0. The average molecular weight is 214 g/mol. The second-order valence-corrected chi connectivity index (χ2v) is 5.04. The van der Waals surface area contributed by atoms with E-state index in [4.69, 9.17) is 4.74 Å². The van der Waals surface area contributed by atoms with E-state index in [-0.39, 0.29) is 23.6 Å². The Hall–Kier alpha value is -0.570. The van der Waals surface area contributed by atoms with E-state index in [1.165, 1.54) is 0 Å². The van der Waals surface area contributed by atoms with Crippen molar-refractivity contribution in [3.8, 4) is 0 Å². The predicted molar refractivity (Wildman–Crippen MR) is 58.4 cm³/mol. The molecule has 88 valence electrons. The van der Waals surface area contributed by atoms with Crippen molar-refractivity contribution in [1.82, 2.24) is 0 Å². The van der Waals surface area contributed by atoms with E-state index < -0.39 is 0 Å². The maximum Gasteiger partial charge on any atom is 0.309 e. The van der Waals surface area contributed by atoms with Gasteiger partial charge >= 0.3 is 5.97 Å². The third-order valence-corrected chi connectivity index (χ3v) is 3.26. The summed E-state index contributed by atoms with van der Waals surface area (Å²) in [4.78, 5) is 11.8. The molecule has 1 saturated carbocycles. The van der Waals surface area contributed by atoms with Crippen LogP contribution >= 0.6 is 0 Å². The van der Waals surface area contributed by atoms with Crippen LogP contribution in [0.1, 0.15) is 52.9 Å². The van der Waals surface area contributed by atoms with Crippen LogP contribution in [0.15, 0.2) is 0 Å². The summed E-state index contributed by atoms with van der Waals surface area (Å²) in [6.45, 7) is 5.88. The lowest BCUT2D eigenvalue weighted by molar-refractivity contribution is -0.163. The SMILES string of the molecule is CCC(C)(C)OC(=O)C1CCC(O)CC1. The first kappa shape index (κ1) is 12.5. The monoisotopic (exact) mass is 214 g/mol. The standard InChI is InChI=1S/C12H22O3/c1-4-12(2,3)15-11(14)9-5-7-10(13)8-6-9/h9-10,13H,4-8H2,1-3H3. The lowest BCUT2D eigenvalue weighted by atomic mass is 9.87. The average Bonchev–Trinajstić information content (AvgIpc) is 2.18. The number of rotatable bonds is 3. The number of carbonyl (C=O) groups is 1. The molecule has 0 spiro atoms. The van der Waals surface area contributed by atoms with Gasteiger partial charge in [-0.25, -0.2) is 0 Å². The van der Waals surface area contributed by atoms with Gasteiger partial charge < -0.3 is 9.84 Å². The Kier molecular flexibility index (Phi) is 4.14. The van der Waals surface area contributed by atoms with E-state index in [0.29, 0.717) is 0 Å². The molecule has 0 amide bonds. The maximum absolute atomic E-state index is 11.8. The molecule has 0 radical (unpaired) electrons. The van der Waals surface area contributed by atoms with Crippen LogP contribution in [0.3, 0.4) is 0 Å². The van der Waals surface area contributed by atoms with Gasteiger partial charge in [0.05, 0.1) is 12.0 Å². The van der Waals surface area contributed by atoms with Crippen LogP contribution < -0.4 is 0 Å². The molecule has 0 aromatic heterocycles. The van der Waals surface area contributed by atoms with Crippen molar-refractivity contribution in [1.29, 1.82) is 0 Å². The normalized spacial score (nSPS) is 27.5. The highest BCUT2D eigenvalue weighted by Crippen LogP contribution is 2.27. The van der Waals surface area contributed by atoms with Crippen molar-refractivity contribution >= 4 is 5.97 Å². The van der Waals surface area contributed by atoms with Crippen molar-refractivity contribution < 1.29 is 14.6 Å². The summed E-state index contributed by atoms with van der Waals surface area (Å²) in [5, 5.41) is 9.34. The highest BCUT2D eigenvalue weighted by molar-refractivity contribution is 5.73. The summed E-state index contributed by atoms with van der Waals surface area (Å²) in [6.07, 6.45) is 3.60. The molecule has 3 heteroatoms. The van der Waals surface area contributed by atoms with Crippen LogP contribution in [0.25, 0.3) is 0 Å². The van der Waals surface area contributed by atoms with Gasteiger partial charge in [-0.2, -0.15) is 0 Å². The van der Waals surface area contributed by atoms with E-state index >= 15 is 0 Å². The van der Waals surface area contributed by atoms with Gasteiger partial charge in [0.15, 0.2) is 0 Å². The minimum Gasteiger partial charge on any atom is -0.459 e. The van der Waals surface area contributed by atoms with Crippen molar-refractivity contribution in [2.45, 2.75) is 64.6 Å². The topological polar surface area (TPSA) is 46.5 Å². The Morgan fingerprint density at radius 2 is 1.87 bits per heavy atom. The van der Waals surface area contributed by atoms with E-state index in [9.17, 15) is 9.90 Å². The lowest BCUT2D eigenvalue weighted by Gasteiger charge is -2.29. The van der Waals surface area contributed by atoms with Gasteiger partial charge in [0.1, 0.15) is 5.60 Å². The maximum atomic E-state index is 11.8. The molecule has 1 aliphatic carbocycles. The molecule has 0 bridgehead atoms. The quantitative estimate of drug-likeness (QED) is 0.733. The Bertz CT molecular complexity index is 215. The van der Waals surface area contributed by atoms with Gasteiger partial charge in [0.2, 0.25) is 0 Å². The highest BCUT2D eigenvalue weighted by Gasteiger charge is 2.30. The summed E-state index contributed by atoms with van der Waals surface area (Å²) in [5.74, 6) is -0.0898. The first-order valence-corrected chi connectivity index (χ1v) is 5.85. The molecule has 0 unspecified atom stereocenters. The number of aliphatic hydroxyl groups excluding tert-OH is 1. The fourth-order valence-corrected chi connectivity index (χ4v) is 1.74. The van der Waals surface area contributed by atoms with Gasteiger partial charge in [-0.15, -0.1) is 0 Å². The predicted octanol–water partition coefficient (Wildman–Crippen LogP) is 2.27. The van der Waals surface area contributed by atoms with Crippen LogP contribution in [-0.2, 0) is 9.53 Å². The van der Waals surface area contributed by atoms with Crippen LogP contribution in [0.4, 0.5) is 0 Å². The number of esters is 1. The molecular formula is C12H22O3. The third kappa shape index (κ3) is 3.82. The minimum atomic E-state index is -0.354. The van der Waals surface area contributed by atoms with E-state index in [1.807, 2.05) is 20.8 Å². The number of hydrogen-bond donors (Lipinski definition) is 1. The summed E-state index contributed by atoms with van der Waals surface area (Å²) < 4.78 is 5.44. The van der Waals surface area contributed by atoms with Crippen molar-refractivity contribution in [2.75, 3.05) is 0 Å². The first-order valence-electron chi connectivity index (χ1n) is 5.85. The zero-order valence-corrected chi connectivity index (χ0v) is 9.95. The molecule has 15 heavy (non-hydrogen) atoms. The Balaban J connectivity index is 2.41. The van der Waals surface area contributed by atoms with Crippen LogP contribution in [-0.4, -0.2) is 22.8 Å². The number of ether oxygens (including phenoxy) is 1. The van der Waals surface area contributed by atoms with Crippen LogP contribution in [0, 0.1) is 5.92 Å². The largest absolute Gasteiger partial charge is 0.459 e. The molecule has 0 atom stereocenters. The highest BCUT2D eigenvalue weighted by atomic mass is 16.6.